The lowest BCUT2D eigenvalue weighted by Gasteiger charge is -2.14. The highest BCUT2D eigenvalue weighted by Gasteiger charge is 2.21. The molecule has 2 N–H and O–H groups in total. The Morgan fingerprint density at radius 1 is 0.875 bits per heavy atom. The van der Waals surface area contributed by atoms with Crippen LogP contribution in [0, 0.1) is 6.92 Å². The Hall–Kier alpha value is -1.80. The zero-order valence-corrected chi connectivity index (χ0v) is 20.6. The summed E-state index contributed by atoms with van der Waals surface area (Å²) in [6, 6.07) is 15.1. The van der Waals surface area contributed by atoms with E-state index in [2.05, 4.69) is 10.0 Å². The molecule has 3 aromatic rings. The number of hydrogen-bond acceptors (Lipinski definition) is 3. The Morgan fingerprint density at radius 2 is 1.59 bits per heavy atom. The molecule has 0 radical (unpaired) electrons. The summed E-state index contributed by atoms with van der Waals surface area (Å²) in [6.45, 7) is 1.17. The fraction of sp³-hybridized carbons (Fsp3) is 0.136. The number of carbonyl (C=O) groups excluding carboxylic acids is 1. The van der Waals surface area contributed by atoms with Crippen molar-refractivity contribution < 1.29 is 13.2 Å². The molecule has 0 atom stereocenters. The normalized spacial score (nSPS) is 11.4. The summed E-state index contributed by atoms with van der Waals surface area (Å²) in [6.07, 6.45) is 0.432. The van der Waals surface area contributed by atoms with Gasteiger partial charge in [-0.25, -0.2) is 13.1 Å². The molecule has 0 aromatic heterocycles. The molecule has 32 heavy (non-hydrogen) atoms. The van der Waals surface area contributed by atoms with Gasteiger partial charge in [0.25, 0.3) is 0 Å². The van der Waals surface area contributed by atoms with Gasteiger partial charge in [0.1, 0.15) is 4.90 Å². The number of hydrogen-bond donors (Lipinski definition) is 2. The summed E-state index contributed by atoms with van der Waals surface area (Å²) in [5.74, 6) is -0.557. The van der Waals surface area contributed by atoms with Crippen LogP contribution in [0.4, 0.5) is 5.69 Å². The van der Waals surface area contributed by atoms with Crippen molar-refractivity contribution in [2.45, 2.75) is 18.2 Å². The van der Waals surface area contributed by atoms with Gasteiger partial charge in [-0.3, -0.25) is 4.79 Å². The number of carbonyl (C=O) groups is 1. The van der Waals surface area contributed by atoms with Gasteiger partial charge in [0, 0.05) is 27.2 Å². The monoisotopic (exact) mass is 530 g/mol. The molecule has 3 rings (SSSR count). The Bertz CT molecular complexity index is 1280. The van der Waals surface area contributed by atoms with E-state index in [0.717, 1.165) is 11.1 Å². The first kappa shape index (κ1) is 24.8. The number of nitrogens with one attached hydrogen (secondary N) is 2. The highest BCUT2D eigenvalue weighted by atomic mass is 35.5. The number of sulfonamides is 1. The number of anilines is 1. The van der Waals surface area contributed by atoms with Crippen LogP contribution in [0.25, 0.3) is 0 Å². The van der Waals surface area contributed by atoms with Gasteiger partial charge in [-0.1, -0.05) is 64.6 Å². The van der Waals surface area contributed by atoms with Crippen molar-refractivity contribution in [2.75, 3.05) is 11.9 Å². The van der Waals surface area contributed by atoms with E-state index in [0.29, 0.717) is 32.7 Å². The summed E-state index contributed by atoms with van der Waals surface area (Å²) < 4.78 is 27.5. The summed E-state index contributed by atoms with van der Waals surface area (Å²) in [5.41, 5.74) is 2.64. The van der Waals surface area contributed by atoms with E-state index < -0.39 is 22.5 Å². The minimum atomic E-state index is -4.03. The minimum Gasteiger partial charge on any atom is -0.325 e. The molecular formula is C22H18Cl4N2O3S. The van der Waals surface area contributed by atoms with E-state index >= 15 is 0 Å². The van der Waals surface area contributed by atoms with Crippen molar-refractivity contribution in [1.82, 2.24) is 4.72 Å². The van der Waals surface area contributed by atoms with Crippen LogP contribution < -0.4 is 10.0 Å². The van der Waals surface area contributed by atoms with Crippen molar-refractivity contribution >= 4 is 68.0 Å². The Labute approximate surface area is 206 Å². The van der Waals surface area contributed by atoms with Crippen LogP contribution in [-0.4, -0.2) is 20.9 Å². The lowest BCUT2D eigenvalue weighted by atomic mass is 10.0. The Kier molecular flexibility index (Phi) is 8.09. The molecule has 0 unspecified atom stereocenters. The van der Waals surface area contributed by atoms with Gasteiger partial charge < -0.3 is 5.32 Å². The van der Waals surface area contributed by atoms with Crippen molar-refractivity contribution in [2.24, 2.45) is 0 Å². The van der Waals surface area contributed by atoms with E-state index in [9.17, 15) is 13.2 Å². The lowest BCUT2D eigenvalue weighted by Crippen LogP contribution is -2.33. The molecule has 0 fully saturated rings. The first-order valence-corrected chi connectivity index (χ1v) is 12.3. The number of benzene rings is 3. The minimum absolute atomic E-state index is 0.0340. The average molecular weight is 532 g/mol. The molecule has 0 aliphatic rings. The molecule has 0 spiro atoms. The highest BCUT2D eigenvalue weighted by molar-refractivity contribution is 7.89. The molecule has 0 aliphatic heterocycles. The van der Waals surface area contributed by atoms with E-state index in [1.807, 2.05) is 18.2 Å². The molecule has 0 aliphatic carbocycles. The van der Waals surface area contributed by atoms with Gasteiger partial charge in [0.15, 0.2) is 0 Å². The molecule has 168 valence electrons. The van der Waals surface area contributed by atoms with E-state index in [1.54, 1.807) is 31.2 Å². The Morgan fingerprint density at radius 3 is 2.31 bits per heavy atom. The largest absolute Gasteiger partial charge is 0.325 e. The molecule has 10 heteroatoms. The topological polar surface area (TPSA) is 75.3 Å². The van der Waals surface area contributed by atoms with Crippen molar-refractivity contribution in [3.05, 3.63) is 91.4 Å². The molecule has 0 bridgehead atoms. The standard InChI is InChI=1S/C22H18Cl4N2O3S/c1-13-8-21(19(26)11-18(13)25)32(30,31)27-12-22(29)28-20-7-6-16(23)10-15(20)9-14-4-2-3-5-17(14)24/h2-8,10-11,27H,9,12H2,1H3,(H,28,29). The predicted octanol–water partition coefficient (Wildman–Crippen LogP) is 6.12. The van der Waals surface area contributed by atoms with Crippen LogP contribution in [-0.2, 0) is 21.2 Å². The average Bonchev–Trinajstić information content (AvgIpc) is 2.73. The maximum absolute atomic E-state index is 12.6. The molecule has 5 nitrogen and oxygen atoms in total. The van der Waals surface area contributed by atoms with Gasteiger partial charge in [0.05, 0.1) is 11.6 Å². The van der Waals surface area contributed by atoms with Gasteiger partial charge >= 0.3 is 0 Å². The maximum atomic E-state index is 12.6. The quantitative estimate of drug-likeness (QED) is 0.386. The summed E-state index contributed by atoms with van der Waals surface area (Å²) in [4.78, 5) is 12.3. The highest BCUT2D eigenvalue weighted by Crippen LogP contribution is 2.28. The van der Waals surface area contributed by atoms with Crippen molar-refractivity contribution in [3.8, 4) is 0 Å². The lowest BCUT2D eigenvalue weighted by molar-refractivity contribution is -0.115. The van der Waals surface area contributed by atoms with Crippen LogP contribution in [0.1, 0.15) is 16.7 Å². The van der Waals surface area contributed by atoms with E-state index in [4.69, 9.17) is 46.4 Å². The van der Waals surface area contributed by atoms with Crippen molar-refractivity contribution in [1.29, 1.82) is 0 Å². The third-order valence-corrected chi connectivity index (χ3v) is 7.48. The third-order valence-electron chi connectivity index (χ3n) is 4.61. The third kappa shape index (κ3) is 6.16. The van der Waals surface area contributed by atoms with Crippen LogP contribution in [0.2, 0.25) is 20.1 Å². The van der Waals surface area contributed by atoms with Crippen molar-refractivity contribution in [3.63, 3.8) is 0 Å². The number of amides is 1. The molecule has 3 aromatic carbocycles. The molecule has 0 saturated carbocycles. The van der Waals surface area contributed by atoms with Crippen LogP contribution in [0.15, 0.2) is 59.5 Å². The fourth-order valence-corrected chi connectivity index (χ4v) is 5.16. The first-order chi connectivity index (χ1) is 15.1. The number of aryl methyl sites for hydroxylation is 1. The van der Waals surface area contributed by atoms with E-state index in [-0.39, 0.29) is 9.92 Å². The van der Waals surface area contributed by atoms with Gasteiger partial charge in [-0.15, -0.1) is 0 Å². The fourth-order valence-electron chi connectivity index (χ4n) is 2.95. The maximum Gasteiger partial charge on any atom is 0.242 e. The molecule has 1 amide bonds. The summed E-state index contributed by atoms with van der Waals surface area (Å²) in [7, 11) is -4.03. The zero-order valence-electron chi connectivity index (χ0n) is 16.8. The van der Waals surface area contributed by atoms with Crippen LogP contribution in [0.3, 0.4) is 0 Å². The second-order valence-electron chi connectivity index (χ2n) is 6.97. The zero-order chi connectivity index (χ0) is 23.5. The second-order valence-corrected chi connectivity index (χ2v) is 10.4. The second kappa shape index (κ2) is 10.4. The molecule has 0 heterocycles. The SMILES string of the molecule is Cc1cc(S(=O)(=O)NCC(=O)Nc2ccc(Cl)cc2Cc2ccccc2Cl)c(Cl)cc1Cl. The summed E-state index contributed by atoms with van der Waals surface area (Å²) >= 11 is 24.4. The molecule has 0 saturated heterocycles. The van der Waals surface area contributed by atoms with Gasteiger partial charge in [-0.05, 0) is 60.0 Å². The summed E-state index contributed by atoms with van der Waals surface area (Å²) in [5, 5.41) is 4.12. The number of rotatable bonds is 7. The Balaban J connectivity index is 1.74. The van der Waals surface area contributed by atoms with Crippen LogP contribution in [0.5, 0.6) is 0 Å². The first-order valence-electron chi connectivity index (χ1n) is 9.34. The van der Waals surface area contributed by atoms with Gasteiger partial charge in [-0.2, -0.15) is 0 Å². The predicted molar refractivity (Wildman–Crippen MR) is 131 cm³/mol. The smallest absolute Gasteiger partial charge is 0.242 e. The number of halogens is 4. The molecular weight excluding hydrogens is 514 g/mol. The van der Waals surface area contributed by atoms with E-state index in [1.165, 1.54) is 12.1 Å². The van der Waals surface area contributed by atoms with Crippen LogP contribution >= 0.6 is 46.4 Å². The van der Waals surface area contributed by atoms with Gasteiger partial charge in [0.2, 0.25) is 15.9 Å².